The monoisotopic (exact) mass is 163 g/mol. The van der Waals surface area contributed by atoms with E-state index in [0.717, 1.165) is 0 Å². The predicted octanol–water partition coefficient (Wildman–Crippen LogP) is 0.317. The second-order valence-corrected chi connectivity index (χ2v) is 2.89. The standard InChI is InChI=1S/C7H17NO3/c1-6(2,8)7(9-3,10-4)11-5/h8H2,1-5H3. The number of hydrogen-bond acceptors (Lipinski definition) is 4. The van der Waals surface area contributed by atoms with Gasteiger partial charge in [-0.3, -0.25) is 0 Å². The van der Waals surface area contributed by atoms with Crippen LogP contribution in [0.5, 0.6) is 0 Å². The Morgan fingerprint density at radius 2 is 1.18 bits per heavy atom. The van der Waals surface area contributed by atoms with Gasteiger partial charge in [0.05, 0.1) is 5.54 Å². The van der Waals surface area contributed by atoms with Gasteiger partial charge < -0.3 is 19.9 Å². The topological polar surface area (TPSA) is 53.7 Å². The Bertz CT molecular complexity index is 107. The first-order chi connectivity index (χ1) is 4.93. The van der Waals surface area contributed by atoms with E-state index in [9.17, 15) is 0 Å². The van der Waals surface area contributed by atoms with E-state index in [4.69, 9.17) is 19.9 Å². The summed E-state index contributed by atoms with van der Waals surface area (Å²) in [5.41, 5.74) is 5.07. The largest absolute Gasteiger partial charge is 0.329 e. The van der Waals surface area contributed by atoms with Gasteiger partial charge in [0.15, 0.2) is 0 Å². The quantitative estimate of drug-likeness (QED) is 0.606. The van der Waals surface area contributed by atoms with E-state index in [1.165, 1.54) is 21.3 Å². The molecule has 4 nitrogen and oxygen atoms in total. The number of methoxy groups -OCH3 is 3. The molecular weight excluding hydrogens is 146 g/mol. The molecule has 0 aromatic carbocycles. The normalized spacial score (nSPS) is 13.6. The van der Waals surface area contributed by atoms with E-state index in [0.29, 0.717) is 0 Å². The molecule has 0 amide bonds. The molecule has 11 heavy (non-hydrogen) atoms. The van der Waals surface area contributed by atoms with Gasteiger partial charge in [-0.15, -0.1) is 0 Å². The summed E-state index contributed by atoms with van der Waals surface area (Å²) in [6.07, 6.45) is 0. The second kappa shape index (κ2) is 3.49. The maximum Gasteiger partial charge on any atom is 0.300 e. The van der Waals surface area contributed by atoms with Crippen molar-refractivity contribution in [3.63, 3.8) is 0 Å². The van der Waals surface area contributed by atoms with Crippen molar-refractivity contribution in [3.05, 3.63) is 0 Å². The molecule has 0 aromatic rings. The van der Waals surface area contributed by atoms with Crippen molar-refractivity contribution in [2.45, 2.75) is 25.4 Å². The Labute approximate surface area is 67.6 Å². The van der Waals surface area contributed by atoms with Crippen LogP contribution in [0.25, 0.3) is 0 Å². The Morgan fingerprint density at radius 3 is 1.18 bits per heavy atom. The molecule has 0 unspecified atom stereocenters. The second-order valence-electron chi connectivity index (χ2n) is 2.89. The molecule has 0 rings (SSSR count). The third kappa shape index (κ3) is 1.90. The number of rotatable bonds is 4. The van der Waals surface area contributed by atoms with Crippen molar-refractivity contribution in [1.29, 1.82) is 0 Å². The van der Waals surface area contributed by atoms with Gasteiger partial charge in [0.2, 0.25) is 0 Å². The zero-order valence-electron chi connectivity index (χ0n) is 7.80. The van der Waals surface area contributed by atoms with Crippen LogP contribution in [0, 0.1) is 0 Å². The predicted molar refractivity (Wildman–Crippen MR) is 42.0 cm³/mol. The molecule has 0 aliphatic heterocycles. The molecule has 0 saturated heterocycles. The molecule has 0 bridgehead atoms. The third-order valence-electron chi connectivity index (χ3n) is 1.60. The lowest BCUT2D eigenvalue weighted by Crippen LogP contribution is -2.60. The Kier molecular flexibility index (Phi) is 3.44. The Hall–Kier alpha value is -0.160. The summed E-state index contributed by atoms with van der Waals surface area (Å²) >= 11 is 0. The van der Waals surface area contributed by atoms with Gasteiger partial charge in [-0.05, 0) is 13.8 Å². The van der Waals surface area contributed by atoms with Crippen molar-refractivity contribution in [2.24, 2.45) is 5.73 Å². The Balaban J connectivity index is 4.54. The summed E-state index contributed by atoms with van der Waals surface area (Å²) < 4.78 is 15.1. The van der Waals surface area contributed by atoms with E-state index < -0.39 is 11.5 Å². The molecular formula is C7H17NO3. The van der Waals surface area contributed by atoms with Gasteiger partial charge >= 0.3 is 5.97 Å². The van der Waals surface area contributed by atoms with Crippen LogP contribution in [-0.2, 0) is 14.2 Å². The fourth-order valence-electron chi connectivity index (χ4n) is 1.04. The highest BCUT2D eigenvalue weighted by atomic mass is 16.9. The number of hydrogen-bond donors (Lipinski definition) is 1. The Morgan fingerprint density at radius 1 is 0.909 bits per heavy atom. The van der Waals surface area contributed by atoms with Crippen LogP contribution in [0.3, 0.4) is 0 Å². The van der Waals surface area contributed by atoms with E-state index in [1.807, 2.05) is 0 Å². The van der Waals surface area contributed by atoms with Crippen LogP contribution in [0.4, 0.5) is 0 Å². The van der Waals surface area contributed by atoms with Gasteiger partial charge in [-0.25, -0.2) is 0 Å². The first-order valence-corrected chi connectivity index (χ1v) is 3.38. The molecule has 0 aromatic heterocycles. The highest BCUT2D eigenvalue weighted by molar-refractivity contribution is 4.83. The van der Waals surface area contributed by atoms with Crippen molar-refractivity contribution >= 4 is 0 Å². The van der Waals surface area contributed by atoms with Gasteiger partial charge in [0.25, 0.3) is 0 Å². The van der Waals surface area contributed by atoms with E-state index in [2.05, 4.69) is 0 Å². The highest BCUT2D eigenvalue weighted by Crippen LogP contribution is 2.24. The number of ether oxygens (including phenoxy) is 3. The lowest BCUT2D eigenvalue weighted by molar-refractivity contribution is -0.378. The first kappa shape index (κ1) is 10.8. The van der Waals surface area contributed by atoms with E-state index in [-0.39, 0.29) is 0 Å². The summed E-state index contributed by atoms with van der Waals surface area (Å²) in [5, 5.41) is 0. The molecule has 0 aliphatic carbocycles. The summed E-state index contributed by atoms with van der Waals surface area (Å²) in [6.45, 7) is 3.53. The first-order valence-electron chi connectivity index (χ1n) is 3.38. The molecule has 0 saturated carbocycles. The minimum Gasteiger partial charge on any atom is -0.329 e. The molecule has 2 N–H and O–H groups in total. The maximum absolute atomic E-state index is 5.77. The zero-order valence-corrected chi connectivity index (χ0v) is 7.80. The summed E-state index contributed by atoms with van der Waals surface area (Å²) in [6, 6.07) is 0. The van der Waals surface area contributed by atoms with Gasteiger partial charge in [-0.2, -0.15) is 0 Å². The van der Waals surface area contributed by atoms with Crippen LogP contribution in [-0.4, -0.2) is 32.8 Å². The highest BCUT2D eigenvalue weighted by Gasteiger charge is 2.44. The van der Waals surface area contributed by atoms with Crippen molar-refractivity contribution in [1.82, 2.24) is 0 Å². The molecule has 0 heterocycles. The van der Waals surface area contributed by atoms with E-state index >= 15 is 0 Å². The molecule has 0 radical (unpaired) electrons. The van der Waals surface area contributed by atoms with Gasteiger partial charge in [0.1, 0.15) is 0 Å². The minimum absolute atomic E-state index is 0.703. The lowest BCUT2D eigenvalue weighted by Gasteiger charge is -2.39. The van der Waals surface area contributed by atoms with Crippen molar-refractivity contribution in [3.8, 4) is 0 Å². The number of nitrogens with two attached hydrogens (primary N) is 1. The van der Waals surface area contributed by atoms with Gasteiger partial charge in [-0.1, -0.05) is 0 Å². The fourth-order valence-corrected chi connectivity index (χ4v) is 1.04. The zero-order chi connectivity index (χ0) is 9.12. The molecule has 4 heteroatoms. The summed E-state index contributed by atoms with van der Waals surface area (Å²) in [7, 11) is 4.46. The van der Waals surface area contributed by atoms with Crippen LogP contribution in [0.1, 0.15) is 13.8 Å². The van der Waals surface area contributed by atoms with Crippen molar-refractivity contribution in [2.75, 3.05) is 21.3 Å². The SMILES string of the molecule is COC(OC)(OC)C(C)(C)N. The van der Waals surface area contributed by atoms with Crippen LogP contribution >= 0.6 is 0 Å². The molecule has 0 fully saturated rings. The smallest absolute Gasteiger partial charge is 0.300 e. The third-order valence-corrected chi connectivity index (χ3v) is 1.60. The fraction of sp³-hybridized carbons (Fsp3) is 1.00. The van der Waals surface area contributed by atoms with Crippen LogP contribution < -0.4 is 5.73 Å². The average molecular weight is 163 g/mol. The molecule has 0 spiro atoms. The van der Waals surface area contributed by atoms with Crippen LogP contribution in [0.15, 0.2) is 0 Å². The summed E-state index contributed by atoms with van der Waals surface area (Å²) in [5.74, 6) is -1.16. The minimum atomic E-state index is -1.16. The van der Waals surface area contributed by atoms with E-state index in [1.54, 1.807) is 13.8 Å². The average Bonchev–Trinajstić information content (AvgIpc) is 1.90. The van der Waals surface area contributed by atoms with Gasteiger partial charge in [0, 0.05) is 21.3 Å². The molecule has 0 aliphatic rings. The van der Waals surface area contributed by atoms with Crippen molar-refractivity contribution < 1.29 is 14.2 Å². The molecule has 68 valence electrons. The van der Waals surface area contributed by atoms with Crippen LogP contribution in [0.2, 0.25) is 0 Å². The lowest BCUT2D eigenvalue weighted by atomic mass is 10.0. The molecule has 0 atom stereocenters. The maximum atomic E-state index is 5.77. The summed E-state index contributed by atoms with van der Waals surface area (Å²) in [4.78, 5) is 0.